The molecule has 2 aromatic carbocycles. The predicted molar refractivity (Wildman–Crippen MR) is 101 cm³/mol. The maximum absolute atomic E-state index is 13.1. The molecule has 120 valence electrons. The van der Waals surface area contributed by atoms with E-state index in [-0.39, 0.29) is 5.78 Å². The van der Waals surface area contributed by atoms with Gasteiger partial charge in [0.25, 0.3) is 5.78 Å². The summed E-state index contributed by atoms with van der Waals surface area (Å²) in [5, 5.41) is 2.95. The minimum Gasteiger partial charge on any atom is -0.452 e. The van der Waals surface area contributed by atoms with Gasteiger partial charge in [0.1, 0.15) is 11.2 Å². The molecular weight excluding hydrogens is 436 g/mol. The Kier molecular flexibility index (Phi) is 4.06. The van der Waals surface area contributed by atoms with Crippen molar-refractivity contribution in [3.63, 3.8) is 0 Å². The van der Waals surface area contributed by atoms with E-state index in [2.05, 4.69) is 31.9 Å². The summed E-state index contributed by atoms with van der Waals surface area (Å²) in [6.07, 6.45) is 0. The first kappa shape index (κ1) is 15.7. The number of hydrogen-bond donors (Lipinski definition) is 0. The molecular formula is C19H12Br2O3. The fourth-order valence-corrected chi connectivity index (χ4v) is 4.05. The van der Waals surface area contributed by atoms with Crippen LogP contribution in [0.1, 0.15) is 27.4 Å². The van der Waals surface area contributed by atoms with E-state index in [0.717, 1.165) is 21.9 Å². The maximum Gasteiger partial charge on any atom is 0.263 e. The number of carbonyl (C=O) groups is 1. The zero-order chi connectivity index (χ0) is 16.7. The SMILES string of the molecule is O=C(c1oc2ccccc2c1CBr)c1oc2ccccc2c1CBr. The summed E-state index contributed by atoms with van der Waals surface area (Å²) >= 11 is 6.94. The summed E-state index contributed by atoms with van der Waals surface area (Å²) in [7, 11) is 0. The molecule has 0 N–H and O–H groups in total. The molecule has 0 atom stereocenters. The second-order valence-electron chi connectivity index (χ2n) is 5.41. The molecule has 0 saturated carbocycles. The van der Waals surface area contributed by atoms with Gasteiger partial charge in [-0.25, -0.2) is 0 Å². The number of ketones is 1. The number of fused-ring (bicyclic) bond motifs is 2. The molecule has 0 unspecified atom stereocenters. The van der Waals surface area contributed by atoms with Gasteiger partial charge in [0.15, 0.2) is 11.5 Å². The van der Waals surface area contributed by atoms with Crippen molar-refractivity contribution in [1.29, 1.82) is 0 Å². The van der Waals surface area contributed by atoms with Crippen molar-refractivity contribution >= 4 is 59.6 Å². The summed E-state index contributed by atoms with van der Waals surface area (Å²) in [6, 6.07) is 15.3. The molecule has 0 aliphatic carbocycles. The molecule has 2 heterocycles. The number of alkyl halides is 2. The maximum atomic E-state index is 13.1. The van der Waals surface area contributed by atoms with Gasteiger partial charge in [0, 0.05) is 32.6 Å². The summed E-state index contributed by atoms with van der Waals surface area (Å²) in [6.45, 7) is 0. The first-order valence-electron chi connectivity index (χ1n) is 7.42. The lowest BCUT2D eigenvalue weighted by molar-refractivity contribution is 0.0985. The van der Waals surface area contributed by atoms with Crippen LogP contribution in [0.3, 0.4) is 0 Å². The topological polar surface area (TPSA) is 43.4 Å². The van der Waals surface area contributed by atoms with Crippen LogP contribution >= 0.6 is 31.9 Å². The van der Waals surface area contributed by atoms with Crippen LogP contribution in [0.25, 0.3) is 21.9 Å². The third-order valence-corrected chi connectivity index (χ3v) is 5.20. The number of carbonyl (C=O) groups excluding carboxylic acids is 1. The molecule has 0 amide bonds. The summed E-state index contributed by atoms with van der Waals surface area (Å²) < 4.78 is 11.7. The monoisotopic (exact) mass is 446 g/mol. The van der Waals surface area contributed by atoms with Gasteiger partial charge in [-0.3, -0.25) is 4.79 Å². The Morgan fingerprint density at radius 1 is 0.750 bits per heavy atom. The molecule has 0 spiro atoms. The van der Waals surface area contributed by atoms with E-state index < -0.39 is 0 Å². The molecule has 5 heteroatoms. The summed E-state index contributed by atoms with van der Waals surface area (Å²) in [5.74, 6) is 0.426. The van der Waals surface area contributed by atoms with E-state index >= 15 is 0 Å². The highest BCUT2D eigenvalue weighted by atomic mass is 79.9. The van der Waals surface area contributed by atoms with Crippen LogP contribution in [0.4, 0.5) is 0 Å². The minimum absolute atomic E-state index is 0.230. The molecule has 24 heavy (non-hydrogen) atoms. The molecule has 2 aromatic heterocycles. The number of benzene rings is 2. The second kappa shape index (κ2) is 6.22. The Hall–Kier alpha value is -1.85. The van der Waals surface area contributed by atoms with Gasteiger partial charge in [-0.1, -0.05) is 68.3 Å². The highest BCUT2D eigenvalue weighted by Crippen LogP contribution is 2.33. The van der Waals surface area contributed by atoms with Crippen molar-refractivity contribution in [2.24, 2.45) is 0 Å². The normalized spacial score (nSPS) is 11.4. The quantitative estimate of drug-likeness (QED) is 0.276. The van der Waals surface area contributed by atoms with Crippen LogP contribution in [0.2, 0.25) is 0 Å². The summed E-state index contributed by atoms with van der Waals surface area (Å²) in [4.78, 5) is 13.1. The summed E-state index contributed by atoms with van der Waals surface area (Å²) in [5.41, 5.74) is 3.09. The van der Waals surface area contributed by atoms with Gasteiger partial charge in [-0.05, 0) is 12.1 Å². The van der Waals surface area contributed by atoms with Crippen LogP contribution in [0, 0.1) is 0 Å². The van der Waals surface area contributed by atoms with Crippen molar-refractivity contribution < 1.29 is 13.6 Å². The number of halogens is 2. The number of rotatable bonds is 4. The predicted octanol–water partition coefficient (Wildman–Crippen LogP) is 6.20. The lowest BCUT2D eigenvalue weighted by atomic mass is 10.1. The van der Waals surface area contributed by atoms with Gasteiger partial charge in [-0.2, -0.15) is 0 Å². The minimum atomic E-state index is -0.230. The van der Waals surface area contributed by atoms with E-state index in [0.29, 0.717) is 33.3 Å². The Balaban J connectivity index is 1.94. The van der Waals surface area contributed by atoms with Crippen molar-refractivity contribution in [2.45, 2.75) is 10.7 Å². The van der Waals surface area contributed by atoms with Gasteiger partial charge >= 0.3 is 0 Å². The molecule has 0 fully saturated rings. The Labute approximate surface area is 154 Å². The molecule has 0 aliphatic rings. The largest absolute Gasteiger partial charge is 0.452 e. The smallest absolute Gasteiger partial charge is 0.263 e. The van der Waals surface area contributed by atoms with Gasteiger partial charge < -0.3 is 8.83 Å². The number of furan rings is 2. The van der Waals surface area contributed by atoms with Crippen LogP contribution in [-0.2, 0) is 10.7 Å². The van der Waals surface area contributed by atoms with E-state index in [9.17, 15) is 4.79 Å². The Bertz CT molecular complexity index is 975. The molecule has 3 nitrogen and oxygen atoms in total. The molecule has 0 radical (unpaired) electrons. The van der Waals surface area contributed by atoms with Crippen molar-refractivity contribution in [3.05, 3.63) is 71.2 Å². The third-order valence-electron chi connectivity index (χ3n) is 4.08. The molecule has 4 aromatic rings. The van der Waals surface area contributed by atoms with Crippen LogP contribution in [-0.4, -0.2) is 5.78 Å². The second-order valence-corrected chi connectivity index (χ2v) is 6.53. The van der Waals surface area contributed by atoms with Crippen molar-refractivity contribution in [1.82, 2.24) is 0 Å². The number of hydrogen-bond acceptors (Lipinski definition) is 3. The van der Waals surface area contributed by atoms with Gasteiger partial charge in [0.05, 0.1) is 0 Å². The first-order chi connectivity index (χ1) is 11.7. The zero-order valence-corrected chi connectivity index (χ0v) is 15.7. The Morgan fingerprint density at radius 2 is 1.17 bits per heavy atom. The Morgan fingerprint density at radius 3 is 1.58 bits per heavy atom. The van der Waals surface area contributed by atoms with E-state index in [4.69, 9.17) is 8.83 Å². The lowest BCUT2D eigenvalue weighted by Gasteiger charge is -1.99. The van der Waals surface area contributed by atoms with E-state index in [1.54, 1.807) is 0 Å². The number of para-hydroxylation sites is 2. The fourth-order valence-electron chi connectivity index (χ4n) is 2.93. The zero-order valence-electron chi connectivity index (χ0n) is 12.5. The van der Waals surface area contributed by atoms with Crippen molar-refractivity contribution in [3.8, 4) is 0 Å². The highest BCUT2D eigenvalue weighted by Gasteiger charge is 2.27. The van der Waals surface area contributed by atoms with E-state index in [1.807, 2.05) is 48.5 Å². The average Bonchev–Trinajstić information content (AvgIpc) is 3.18. The molecule has 0 bridgehead atoms. The first-order valence-corrected chi connectivity index (χ1v) is 9.66. The van der Waals surface area contributed by atoms with Crippen LogP contribution in [0.5, 0.6) is 0 Å². The van der Waals surface area contributed by atoms with Gasteiger partial charge in [-0.15, -0.1) is 0 Å². The lowest BCUT2D eigenvalue weighted by Crippen LogP contribution is -2.03. The standard InChI is InChI=1S/C19H12Br2O3/c20-9-13-11-5-1-3-7-15(11)23-18(13)17(22)19-14(10-21)12-6-2-4-8-16(12)24-19/h1-8H,9-10H2. The third kappa shape index (κ3) is 2.34. The molecule has 0 saturated heterocycles. The molecule has 0 aliphatic heterocycles. The van der Waals surface area contributed by atoms with Crippen LogP contribution < -0.4 is 0 Å². The van der Waals surface area contributed by atoms with Crippen LogP contribution in [0.15, 0.2) is 57.4 Å². The molecule has 4 rings (SSSR count). The van der Waals surface area contributed by atoms with E-state index in [1.165, 1.54) is 0 Å². The van der Waals surface area contributed by atoms with Gasteiger partial charge in [0.2, 0.25) is 0 Å². The highest BCUT2D eigenvalue weighted by molar-refractivity contribution is 9.08. The fraction of sp³-hybridized carbons (Fsp3) is 0.105. The average molecular weight is 448 g/mol. The van der Waals surface area contributed by atoms with Crippen molar-refractivity contribution in [2.75, 3.05) is 0 Å².